The third kappa shape index (κ3) is 3.05. The molecule has 0 bridgehead atoms. The molecule has 0 aliphatic heterocycles. The van der Waals surface area contributed by atoms with Gasteiger partial charge in [0, 0.05) is 4.88 Å². The number of anilines is 1. The zero-order valence-corrected chi connectivity index (χ0v) is 12.1. The summed E-state index contributed by atoms with van der Waals surface area (Å²) < 4.78 is 27.4. The molecule has 4 nitrogen and oxygen atoms in total. The average molecular weight is 333 g/mol. The maximum Gasteiger partial charge on any atom is 0.271 e. The van der Waals surface area contributed by atoms with Gasteiger partial charge >= 0.3 is 0 Å². The molecule has 0 fully saturated rings. The molecule has 7 heteroatoms. The second-order valence-corrected chi connectivity index (χ2v) is 7.35. The largest absolute Gasteiger partial charge is 0.277 e. The highest BCUT2D eigenvalue weighted by molar-refractivity contribution is 9.10. The third-order valence-corrected chi connectivity index (χ3v) is 5.30. The first kappa shape index (κ1) is 12.5. The van der Waals surface area contributed by atoms with Crippen molar-refractivity contribution in [1.82, 2.24) is 4.98 Å². The van der Waals surface area contributed by atoms with Crippen LogP contribution in [0.2, 0.25) is 0 Å². The van der Waals surface area contributed by atoms with Crippen molar-refractivity contribution in [2.45, 2.75) is 11.1 Å². The fraction of sp³-hybridized carbons (Fsp3) is 0.100. The summed E-state index contributed by atoms with van der Waals surface area (Å²) in [5.74, 6) is 0. The molecule has 0 aromatic carbocycles. The fourth-order valence-corrected chi connectivity index (χ4v) is 3.76. The number of thiophene rings is 1. The summed E-state index contributed by atoms with van der Waals surface area (Å²) in [6.45, 7) is 1.87. The van der Waals surface area contributed by atoms with E-state index in [9.17, 15) is 8.42 Å². The lowest BCUT2D eigenvalue weighted by Gasteiger charge is -2.05. The van der Waals surface area contributed by atoms with Crippen LogP contribution in [0.15, 0.2) is 39.3 Å². The van der Waals surface area contributed by atoms with Gasteiger partial charge in [0.05, 0.1) is 11.9 Å². The molecule has 0 amide bonds. The quantitative estimate of drug-likeness (QED) is 0.879. The molecule has 0 spiro atoms. The number of halogens is 1. The second-order valence-electron chi connectivity index (χ2n) is 3.34. The average Bonchev–Trinajstić information content (AvgIpc) is 2.69. The van der Waals surface area contributed by atoms with Crippen LogP contribution in [0.5, 0.6) is 0 Å². The molecule has 90 valence electrons. The number of pyridine rings is 1. The van der Waals surface area contributed by atoms with Gasteiger partial charge in [0.25, 0.3) is 10.0 Å². The number of sulfonamides is 1. The Morgan fingerprint density at radius 3 is 2.59 bits per heavy atom. The Morgan fingerprint density at radius 1 is 1.29 bits per heavy atom. The van der Waals surface area contributed by atoms with E-state index in [0.29, 0.717) is 14.5 Å². The van der Waals surface area contributed by atoms with Gasteiger partial charge in [-0.1, -0.05) is 0 Å². The second kappa shape index (κ2) is 4.75. The number of aromatic nitrogens is 1. The molecule has 2 rings (SSSR count). The predicted molar refractivity (Wildman–Crippen MR) is 71.8 cm³/mol. The number of nitrogens with zero attached hydrogens (tertiary/aromatic N) is 1. The van der Waals surface area contributed by atoms with E-state index in [2.05, 4.69) is 25.6 Å². The van der Waals surface area contributed by atoms with Crippen LogP contribution in [0.25, 0.3) is 0 Å². The lowest BCUT2D eigenvalue weighted by molar-refractivity contribution is 0.603. The molecule has 2 aromatic heterocycles. The predicted octanol–water partition coefficient (Wildman–Crippen LogP) is 3.01. The van der Waals surface area contributed by atoms with Crippen molar-refractivity contribution in [3.05, 3.63) is 39.9 Å². The van der Waals surface area contributed by atoms with Crippen molar-refractivity contribution in [2.75, 3.05) is 4.72 Å². The first-order chi connectivity index (χ1) is 7.97. The molecular weight excluding hydrogens is 324 g/mol. The summed E-state index contributed by atoms with van der Waals surface area (Å²) in [6, 6.07) is 6.69. The molecule has 0 saturated carbocycles. The molecular formula is C10H9BrN2O2S2. The number of nitrogens with one attached hydrogen (secondary N) is 1. The number of aryl methyl sites for hydroxylation is 1. The van der Waals surface area contributed by atoms with Crippen molar-refractivity contribution in [3.8, 4) is 0 Å². The highest BCUT2D eigenvalue weighted by Gasteiger charge is 2.16. The Hall–Kier alpha value is -0.920. The Balaban J connectivity index is 2.26. The molecule has 0 atom stereocenters. The van der Waals surface area contributed by atoms with E-state index in [1.165, 1.54) is 17.5 Å². The highest BCUT2D eigenvalue weighted by atomic mass is 79.9. The smallest absolute Gasteiger partial charge is 0.271 e. The topological polar surface area (TPSA) is 59.1 Å². The van der Waals surface area contributed by atoms with Gasteiger partial charge in [-0.15, -0.1) is 11.3 Å². The summed E-state index contributed by atoms with van der Waals surface area (Å²) in [5, 5.41) is 0. The molecule has 2 aromatic rings. The molecule has 0 radical (unpaired) electrons. The molecule has 17 heavy (non-hydrogen) atoms. The monoisotopic (exact) mass is 332 g/mol. The molecule has 1 N–H and O–H groups in total. The van der Waals surface area contributed by atoms with Crippen molar-refractivity contribution in [2.24, 2.45) is 0 Å². The van der Waals surface area contributed by atoms with E-state index < -0.39 is 10.0 Å². The van der Waals surface area contributed by atoms with Crippen LogP contribution < -0.4 is 4.72 Å². The lowest BCUT2D eigenvalue weighted by Crippen LogP contribution is -2.11. The summed E-state index contributed by atoms with van der Waals surface area (Å²) in [6.07, 6.45) is 1.46. The van der Waals surface area contributed by atoms with Crippen LogP contribution in [0.3, 0.4) is 0 Å². The zero-order valence-electron chi connectivity index (χ0n) is 8.84. The Kier molecular flexibility index (Phi) is 3.50. The minimum Gasteiger partial charge on any atom is -0.277 e. The van der Waals surface area contributed by atoms with Crippen molar-refractivity contribution in [3.63, 3.8) is 0 Å². The zero-order chi connectivity index (χ0) is 12.5. The van der Waals surface area contributed by atoms with Crippen LogP contribution in [0, 0.1) is 6.92 Å². The Bertz CT molecular complexity index is 620. The fourth-order valence-electron chi connectivity index (χ4n) is 1.20. The molecule has 0 unspecified atom stereocenters. The van der Waals surface area contributed by atoms with E-state index >= 15 is 0 Å². The third-order valence-electron chi connectivity index (χ3n) is 1.96. The maximum atomic E-state index is 12.0. The van der Waals surface area contributed by atoms with Crippen molar-refractivity contribution in [1.29, 1.82) is 0 Å². The Labute approximate surface area is 112 Å². The van der Waals surface area contributed by atoms with Gasteiger partial charge in [0.2, 0.25) is 0 Å². The molecule has 0 aliphatic carbocycles. The van der Waals surface area contributed by atoms with Crippen LogP contribution in [0.1, 0.15) is 4.88 Å². The van der Waals surface area contributed by atoms with E-state index in [0.717, 1.165) is 4.88 Å². The van der Waals surface area contributed by atoms with Gasteiger partial charge in [-0.05, 0) is 47.1 Å². The van der Waals surface area contributed by atoms with Crippen molar-refractivity contribution >= 4 is 43.0 Å². The van der Waals surface area contributed by atoms with E-state index in [1.54, 1.807) is 24.3 Å². The van der Waals surface area contributed by atoms with Gasteiger partial charge in [-0.2, -0.15) is 0 Å². The minimum absolute atomic E-state index is 0.304. The first-order valence-corrected chi connectivity index (χ1v) is 7.77. The lowest BCUT2D eigenvalue weighted by atomic mass is 10.4. The van der Waals surface area contributed by atoms with Gasteiger partial charge in [-0.25, -0.2) is 13.4 Å². The SMILES string of the molecule is Cc1ccc(S(=O)(=O)Nc2ccc(Br)nc2)s1. The van der Waals surface area contributed by atoms with E-state index in [1.807, 2.05) is 6.92 Å². The van der Waals surface area contributed by atoms with E-state index in [-0.39, 0.29) is 0 Å². The summed E-state index contributed by atoms with van der Waals surface area (Å²) in [7, 11) is -3.49. The molecule has 0 aliphatic rings. The number of rotatable bonds is 3. The van der Waals surface area contributed by atoms with Crippen LogP contribution in [-0.2, 0) is 10.0 Å². The van der Waals surface area contributed by atoms with Gasteiger partial charge < -0.3 is 0 Å². The van der Waals surface area contributed by atoms with Crippen LogP contribution in [-0.4, -0.2) is 13.4 Å². The standard InChI is InChI=1S/C10H9BrN2O2S2/c1-7-2-5-10(16-7)17(14,15)13-8-3-4-9(11)12-6-8/h2-6,13H,1H3. The minimum atomic E-state index is -3.49. The maximum absolute atomic E-state index is 12.0. The normalized spacial score (nSPS) is 11.4. The van der Waals surface area contributed by atoms with Gasteiger partial charge in [-0.3, -0.25) is 4.72 Å². The molecule has 0 saturated heterocycles. The first-order valence-electron chi connectivity index (χ1n) is 4.68. The highest BCUT2D eigenvalue weighted by Crippen LogP contribution is 2.23. The van der Waals surface area contributed by atoms with Gasteiger partial charge in [0.1, 0.15) is 8.81 Å². The van der Waals surface area contributed by atoms with Crippen molar-refractivity contribution < 1.29 is 8.42 Å². The van der Waals surface area contributed by atoms with E-state index in [4.69, 9.17) is 0 Å². The van der Waals surface area contributed by atoms with Crippen LogP contribution >= 0.6 is 27.3 Å². The Morgan fingerprint density at radius 2 is 2.06 bits per heavy atom. The number of hydrogen-bond donors (Lipinski definition) is 1. The molecule has 2 heterocycles. The summed E-state index contributed by atoms with van der Waals surface area (Å²) >= 11 is 4.42. The number of hydrogen-bond acceptors (Lipinski definition) is 4. The summed E-state index contributed by atoms with van der Waals surface area (Å²) in [4.78, 5) is 4.91. The summed E-state index contributed by atoms with van der Waals surface area (Å²) in [5.41, 5.74) is 0.444. The van der Waals surface area contributed by atoms with Crippen LogP contribution in [0.4, 0.5) is 5.69 Å². The van der Waals surface area contributed by atoms with Gasteiger partial charge in [0.15, 0.2) is 0 Å².